The summed E-state index contributed by atoms with van der Waals surface area (Å²) in [5, 5.41) is 8.86. The molecule has 0 aromatic carbocycles. The smallest absolute Gasteiger partial charge is 0.268 e. The van der Waals surface area contributed by atoms with E-state index in [2.05, 4.69) is 20.4 Å². The molecule has 124 valence electrons. The average Bonchev–Trinajstić information content (AvgIpc) is 3.40. The molecular weight excluding hydrogens is 356 g/mol. The lowest BCUT2D eigenvalue weighted by atomic mass is 10.2. The first kappa shape index (κ1) is 15.7. The van der Waals surface area contributed by atoms with Crippen LogP contribution in [0.3, 0.4) is 0 Å². The molecule has 8 heteroatoms. The van der Waals surface area contributed by atoms with Crippen LogP contribution < -0.4 is 5.32 Å². The Labute approximate surface area is 151 Å². The van der Waals surface area contributed by atoms with Gasteiger partial charge < -0.3 is 9.84 Å². The maximum Gasteiger partial charge on any atom is 0.268 e. The van der Waals surface area contributed by atoms with E-state index in [1.807, 2.05) is 29.6 Å². The Bertz CT molecular complexity index is 977. The standard InChI is InChI=1S/C17H12N4O2S2/c22-16(11-3-1-7-18-9-11)19-10-12-5-6-14(25-12)17-20-15(21-23-17)13-4-2-8-24-13/h1-9H,10H2,(H,19,22). The molecule has 0 fully saturated rings. The van der Waals surface area contributed by atoms with Gasteiger partial charge in [-0.15, -0.1) is 22.7 Å². The minimum absolute atomic E-state index is 0.152. The SMILES string of the molecule is O=C(NCc1ccc(-c2nc(-c3cccs3)no2)s1)c1cccnc1. The van der Waals surface area contributed by atoms with Crippen molar-refractivity contribution < 1.29 is 9.32 Å². The monoisotopic (exact) mass is 368 g/mol. The number of hydrogen-bond donors (Lipinski definition) is 1. The van der Waals surface area contributed by atoms with Gasteiger partial charge in [-0.05, 0) is 35.7 Å². The molecule has 25 heavy (non-hydrogen) atoms. The van der Waals surface area contributed by atoms with Crippen molar-refractivity contribution in [1.82, 2.24) is 20.4 Å². The molecule has 0 unspecified atom stereocenters. The van der Waals surface area contributed by atoms with Crippen LogP contribution in [0.5, 0.6) is 0 Å². The zero-order valence-electron chi connectivity index (χ0n) is 12.9. The van der Waals surface area contributed by atoms with Crippen LogP contribution in [0.2, 0.25) is 0 Å². The fourth-order valence-electron chi connectivity index (χ4n) is 2.18. The fraction of sp³-hybridized carbons (Fsp3) is 0.0588. The van der Waals surface area contributed by atoms with Gasteiger partial charge in [0.2, 0.25) is 5.82 Å². The van der Waals surface area contributed by atoms with Crippen LogP contribution in [0.4, 0.5) is 0 Å². The molecule has 4 aromatic heterocycles. The van der Waals surface area contributed by atoms with E-state index in [9.17, 15) is 4.79 Å². The summed E-state index contributed by atoms with van der Waals surface area (Å²) in [6.07, 6.45) is 3.18. The molecule has 4 heterocycles. The number of thiophene rings is 2. The van der Waals surface area contributed by atoms with E-state index in [1.165, 1.54) is 11.3 Å². The van der Waals surface area contributed by atoms with Gasteiger partial charge in [0.25, 0.3) is 11.8 Å². The van der Waals surface area contributed by atoms with E-state index in [1.54, 1.807) is 35.9 Å². The second-order valence-electron chi connectivity index (χ2n) is 5.09. The van der Waals surface area contributed by atoms with Crippen molar-refractivity contribution in [3.8, 4) is 21.5 Å². The zero-order chi connectivity index (χ0) is 17.1. The number of nitrogens with one attached hydrogen (secondary N) is 1. The topological polar surface area (TPSA) is 80.9 Å². The quantitative estimate of drug-likeness (QED) is 0.579. The van der Waals surface area contributed by atoms with Crippen LogP contribution in [-0.4, -0.2) is 21.0 Å². The first-order chi connectivity index (χ1) is 12.3. The molecule has 0 aliphatic rings. The Balaban J connectivity index is 1.43. The number of carbonyl (C=O) groups excluding carboxylic acids is 1. The molecule has 4 rings (SSSR count). The predicted octanol–water partition coefficient (Wildman–Crippen LogP) is 3.85. The van der Waals surface area contributed by atoms with E-state index < -0.39 is 0 Å². The third-order valence-corrected chi connectivity index (χ3v) is 5.33. The maximum atomic E-state index is 12.0. The third-order valence-electron chi connectivity index (χ3n) is 3.39. The van der Waals surface area contributed by atoms with Crippen molar-refractivity contribution >= 4 is 28.6 Å². The lowest BCUT2D eigenvalue weighted by molar-refractivity contribution is 0.0951. The van der Waals surface area contributed by atoms with Crippen LogP contribution >= 0.6 is 22.7 Å². The van der Waals surface area contributed by atoms with Gasteiger partial charge in [-0.2, -0.15) is 4.98 Å². The highest BCUT2D eigenvalue weighted by Crippen LogP contribution is 2.29. The summed E-state index contributed by atoms with van der Waals surface area (Å²) in [6.45, 7) is 0.435. The molecule has 1 N–H and O–H groups in total. The van der Waals surface area contributed by atoms with Crippen molar-refractivity contribution in [3.05, 3.63) is 64.6 Å². The van der Waals surface area contributed by atoms with Gasteiger partial charge in [0.05, 0.1) is 21.9 Å². The third kappa shape index (κ3) is 3.49. The summed E-state index contributed by atoms with van der Waals surface area (Å²) in [7, 11) is 0. The minimum atomic E-state index is -0.152. The van der Waals surface area contributed by atoms with E-state index >= 15 is 0 Å². The highest BCUT2D eigenvalue weighted by molar-refractivity contribution is 7.15. The first-order valence-electron chi connectivity index (χ1n) is 7.44. The second-order valence-corrected chi connectivity index (χ2v) is 7.21. The molecule has 4 aromatic rings. The number of aromatic nitrogens is 3. The number of amides is 1. The van der Waals surface area contributed by atoms with E-state index in [0.717, 1.165) is 14.6 Å². The molecule has 0 bridgehead atoms. The van der Waals surface area contributed by atoms with Gasteiger partial charge in [0, 0.05) is 17.3 Å². The minimum Gasteiger partial charge on any atom is -0.347 e. The number of nitrogens with zero attached hydrogens (tertiary/aromatic N) is 3. The molecule has 0 spiro atoms. The number of carbonyl (C=O) groups is 1. The van der Waals surface area contributed by atoms with Gasteiger partial charge in [-0.1, -0.05) is 11.2 Å². The number of rotatable bonds is 5. The van der Waals surface area contributed by atoms with Crippen molar-refractivity contribution in [1.29, 1.82) is 0 Å². The summed E-state index contributed by atoms with van der Waals surface area (Å²) in [5.41, 5.74) is 0.539. The van der Waals surface area contributed by atoms with Crippen LogP contribution in [0.15, 0.2) is 58.7 Å². The normalized spacial score (nSPS) is 10.7. The van der Waals surface area contributed by atoms with Crippen molar-refractivity contribution in [2.24, 2.45) is 0 Å². The van der Waals surface area contributed by atoms with Crippen LogP contribution in [0.1, 0.15) is 15.2 Å². The number of pyridine rings is 1. The highest BCUT2D eigenvalue weighted by atomic mass is 32.1. The molecule has 1 amide bonds. The number of hydrogen-bond acceptors (Lipinski definition) is 7. The van der Waals surface area contributed by atoms with Gasteiger partial charge in [0.1, 0.15) is 0 Å². The van der Waals surface area contributed by atoms with Crippen molar-refractivity contribution in [2.45, 2.75) is 6.54 Å². The second kappa shape index (κ2) is 6.96. The summed E-state index contributed by atoms with van der Waals surface area (Å²) in [5.74, 6) is 0.920. The molecule has 0 radical (unpaired) electrons. The Morgan fingerprint density at radius 1 is 1.16 bits per heavy atom. The predicted molar refractivity (Wildman–Crippen MR) is 96.3 cm³/mol. The van der Waals surface area contributed by atoms with E-state index in [-0.39, 0.29) is 5.91 Å². The van der Waals surface area contributed by atoms with Gasteiger partial charge in [-0.25, -0.2) is 0 Å². The molecule has 0 atom stereocenters. The summed E-state index contributed by atoms with van der Waals surface area (Å²) >= 11 is 3.08. The Hall–Kier alpha value is -2.84. The average molecular weight is 368 g/mol. The molecule has 6 nitrogen and oxygen atoms in total. The summed E-state index contributed by atoms with van der Waals surface area (Å²) < 4.78 is 5.34. The summed E-state index contributed by atoms with van der Waals surface area (Å²) in [4.78, 5) is 23.3. The van der Waals surface area contributed by atoms with Crippen molar-refractivity contribution in [3.63, 3.8) is 0 Å². The summed E-state index contributed by atoms with van der Waals surface area (Å²) in [6, 6.07) is 11.2. The van der Waals surface area contributed by atoms with Crippen molar-refractivity contribution in [2.75, 3.05) is 0 Å². The van der Waals surface area contributed by atoms with Crippen LogP contribution in [-0.2, 0) is 6.54 Å². The highest BCUT2D eigenvalue weighted by Gasteiger charge is 2.14. The lowest BCUT2D eigenvalue weighted by Gasteiger charge is -2.02. The fourth-order valence-corrected chi connectivity index (χ4v) is 3.70. The Morgan fingerprint density at radius 3 is 2.92 bits per heavy atom. The molecule has 0 saturated heterocycles. The molecule has 0 aliphatic carbocycles. The van der Waals surface area contributed by atoms with Crippen LogP contribution in [0.25, 0.3) is 21.5 Å². The van der Waals surface area contributed by atoms with E-state index in [4.69, 9.17) is 4.52 Å². The largest absolute Gasteiger partial charge is 0.347 e. The Kier molecular flexibility index (Phi) is 4.36. The first-order valence-corrected chi connectivity index (χ1v) is 9.14. The van der Waals surface area contributed by atoms with Gasteiger partial charge in [-0.3, -0.25) is 9.78 Å². The van der Waals surface area contributed by atoms with Crippen LogP contribution in [0, 0.1) is 0 Å². The van der Waals surface area contributed by atoms with Gasteiger partial charge in [0.15, 0.2) is 0 Å². The zero-order valence-corrected chi connectivity index (χ0v) is 14.5. The lowest BCUT2D eigenvalue weighted by Crippen LogP contribution is -2.22. The maximum absolute atomic E-state index is 12.0. The molecule has 0 saturated carbocycles. The molecule has 0 aliphatic heterocycles. The Morgan fingerprint density at radius 2 is 2.12 bits per heavy atom. The molecular formula is C17H12N4O2S2. The van der Waals surface area contributed by atoms with E-state index in [0.29, 0.717) is 23.8 Å². The van der Waals surface area contributed by atoms with Gasteiger partial charge >= 0.3 is 0 Å².